The van der Waals surface area contributed by atoms with E-state index in [4.69, 9.17) is 4.74 Å². The first kappa shape index (κ1) is 16.2. The standard InChI is InChI=1S/C21H26N2O3/c1-12-3-4-13(2)16(9-12)22-5-7-23(8-6-22)20(24)18-14-10-15-17(11-14)26-21(25)19(15)18/h3-4,9,14-15,17-19H,5-8,10-11H2,1-2H3/t14-,15+,17-,18+,19-/m1/s1. The number of carbonyl (C=O) groups excluding carboxylic acids is 2. The number of fused-ring (bicyclic) bond motifs is 1. The summed E-state index contributed by atoms with van der Waals surface area (Å²) in [4.78, 5) is 29.8. The summed E-state index contributed by atoms with van der Waals surface area (Å²) in [6.07, 6.45) is 1.99. The van der Waals surface area contributed by atoms with Crippen LogP contribution in [-0.4, -0.2) is 49.1 Å². The van der Waals surface area contributed by atoms with Gasteiger partial charge in [-0.15, -0.1) is 0 Å². The quantitative estimate of drug-likeness (QED) is 0.764. The number of carbonyl (C=O) groups is 2. The zero-order valence-corrected chi connectivity index (χ0v) is 15.5. The molecule has 2 saturated heterocycles. The Kier molecular flexibility index (Phi) is 3.56. The second-order valence-corrected chi connectivity index (χ2v) is 8.52. The van der Waals surface area contributed by atoms with E-state index in [2.05, 4.69) is 36.9 Å². The summed E-state index contributed by atoms with van der Waals surface area (Å²) in [5.74, 6) is 0.443. The summed E-state index contributed by atoms with van der Waals surface area (Å²) >= 11 is 0. The van der Waals surface area contributed by atoms with Crippen molar-refractivity contribution in [3.63, 3.8) is 0 Å². The van der Waals surface area contributed by atoms with Crippen LogP contribution in [0.1, 0.15) is 24.0 Å². The molecule has 1 aromatic carbocycles. The number of benzene rings is 1. The zero-order valence-electron chi connectivity index (χ0n) is 15.5. The van der Waals surface area contributed by atoms with E-state index in [1.54, 1.807) is 0 Å². The van der Waals surface area contributed by atoms with Gasteiger partial charge in [-0.2, -0.15) is 0 Å². The third kappa shape index (κ3) is 2.29. The molecule has 5 atom stereocenters. The molecule has 5 heteroatoms. The highest BCUT2D eigenvalue weighted by atomic mass is 16.6. The van der Waals surface area contributed by atoms with Crippen LogP contribution >= 0.6 is 0 Å². The number of ether oxygens (including phenoxy) is 1. The largest absolute Gasteiger partial charge is 0.462 e. The first-order chi connectivity index (χ1) is 12.5. The van der Waals surface area contributed by atoms with Crippen molar-refractivity contribution in [3.05, 3.63) is 29.3 Å². The smallest absolute Gasteiger partial charge is 0.310 e. The Balaban J connectivity index is 1.28. The predicted octanol–water partition coefficient (Wildman–Crippen LogP) is 2.15. The van der Waals surface area contributed by atoms with Crippen LogP contribution in [0.25, 0.3) is 0 Å². The number of nitrogens with zero attached hydrogens (tertiary/aromatic N) is 2. The van der Waals surface area contributed by atoms with Gasteiger partial charge in [0, 0.05) is 37.8 Å². The summed E-state index contributed by atoms with van der Waals surface area (Å²) in [6.45, 7) is 7.45. The highest BCUT2D eigenvalue weighted by Crippen LogP contribution is 2.58. The SMILES string of the molecule is Cc1ccc(C)c(N2CCN(C(=O)[C@H]3[C@@H]4C[C@@H]5[C@H]3C(=O)O[C@@H]5C4)CC2)c1. The van der Waals surface area contributed by atoms with Gasteiger partial charge in [0.05, 0.1) is 11.8 Å². The van der Waals surface area contributed by atoms with E-state index in [0.29, 0.717) is 11.8 Å². The number of esters is 1. The molecule has 1 aromatic rings. The first-order valence-corrected chi connectivity index (χ1v) is 9.84. The summed E-state index contributed by atoms with van der Waals surface area (Å²) in [6, 6.07) is 6.54. The topological polar surface area (TPSA) is 49.9 Å². The molecule has 2 bridgehead atoms. The maximum Gasteiger partial charge on any atom is 0.310 e. The van der Waals surface area contributed by atoms with Crippen LogP contribution in [-0.2, 0) is 14.3 Å². The monoisotopic (exact) mass is 354 g/mol. The van der Waals surface area contributed by atoms with Crippen molar-refractivity contribution >= 4 is 17.6 Å². The Bertz CT molecular complexity index is 767. The lowest BCUT2D eigenvalue weighted by Crippen LogP contribution is -2.52. The van der Waals surface area contributed by atoms with E-state index in [-0.39, 0.29) is 29.8 Å². The fourth-order valence-corrected chi connectivity index (χ4v) is 5.78. The molecule has 0 radical (unpaired) electrons. The van der Waals surface area contributed by atoms with Crippen molar-refractivity contribution in [1.29, 1.82) is 0 Å². The average molecular weight is 354 g/mol. The van der Waals surface area contributed by atoms with Gasteiger partial charge in [0.1, 0.15) is 6.10 Å². The van der Waals surface area contributed by atoms with Crippen molar-refractivity contribution < 1.29 is 14.3 Å². The molecule has 2 aliphatic carbocycles. The molecule has 4 aliphatic rings. The van der Waals surface area contributed by atoms with Gasteiger partial charge < -0.3 is 14.5 Å². The number of hydrogen-bond acceptors (Lipinski definition) is 4. The van der Waals surface area contributed by atoms with Gasteiger partial charge in [0.25, 0.3) is 0 Å². The Morgan fingerprint density at radius 3 is 2.65 bits per heavy atom. The van der Waals surface area contributed by atoms with E-state index in [9.17, 15) is 9.59 Å². The van der Waals surface area contributed by atoms with Crippen LogP contribution in [0.5, 0.6) is 0 Å². The van der Waals surface area contributed by atoms with Crippen LogP contribution in [0, 0.1) is 37.5 Å². The Morgan fingerprint density at radius 1 is 1.12 bits per heavy atom. The van der Waals surface area contributed by atoms with Gasteiger partial charge in [0.2, 0.25) is 5.91 Å². The van der Waals surface area contributed by atoms with Gasteiger partial charge in [-0.1, -0.05) is 12.1 Å². The van der Waals surface area contributed by atoms with Crippen molar-refractivity contribution in [2.75, 3.05) is 31.1 Å². The molecule has 2 heterocycles. The highest BCUT2D eigenvalue weighted by Gasteiger charge is 2.64. The average Bonchev–Trinajstić information content (AvgIpc) is 3.26. The van der Waals surface area contributed by atoms with Crippen LogP contribution < -0.4 is 4.90 Å². The normalized spacial score (nSPS) is 35.2. The molecule has 2 saturated carbocycles. The minimum Gasteiger partial charge on any atom is -0.462 e. The number of anilines is 1. The molecular formula is C21H26N2O3. The van der Waals surface area contributed by atoms with Crippen molar-refractivity contribution in [2.45, 2.75) is 32.8 Å². The molecule has 0 spiro atoms. The lowest BCUT2D eigenvalue weighted by molar-refractivity contribution is -0.148. The molecule has 1 amide bonds. The molecular weight excluding hydrogens is 328 g/mol. The highest BCUT2D eigenvalue weighted by molar-refractivity contribution is 5.88. The van der Waals surface area contributed by atoms with Crippen molar-refractivity contribution in [3.8, 4) is 0 Å². The molecule has 0 N–H and O–H groups in total. The third-order valence-electron chi connectivity index (χ3n) is 7.07. The van der Waals surface area contributed by atoms with E-state index in [1.807, 2.05) is 4.90 Å². The maximum atomic E-state index is 13.2. The summed E-state index contributed by atoms with van der Waals surface area (Å²) in [5.41, 5.74) is 3.82. The Labute approximate surface area is 154 Å². The first-order valence-electron chi connectivity index (χ1n) is 9.84. The summed E-state index contributed by atoms with van der Waals surface area (Å²) in [7, 11) is 0. The van der Waals surface area contributed by atoms with Crippen molar-refractivity contribution in [1.82, 2.24) is 4.90 Å². The molecule has 5 rings (SSSR count). The predicted molar refractivity (Wildman–Crippen MR) is 97.8 cm³/mol. The molecule has 0 unspecified atom stereocenters. The second kappa shape index (κ2) is 5.73. The van der Waals surface area contributed by atoms with Crippen LogP contribution in [0.4, 0.5) is 5.69 Å². The number of amides is 1. The van der Waals surface area contributed by atoms with Gasteiger partial charge in [0.15, 0.2) is 0 Å². The summed E-state index contributed by atoms with van der Waals surface area (Å²) < 4.78 is 5.49. The van der Waals surface area contributed by atoms with Crippen LogP contribution in [0.2, 0.25) is 0 Å². The van der Waals surface area contributed by atoms with Crippen LogP contribution in [0.15, 0.2) is 18.2 Å². The van der Waals surface area contributed by atoms with Gasteiger partial charge in [-0.05, 0) is 49.8 Å². The number of aryl methyl sites for hydroxylation is 2. The van der Waals surface area contributed by atoms with Gasteiger partial charge in [-0.25, -0.2) is 0 Å². The third-order valence-corrected chi connectivity index (χ3v) is 7.07. The number of rotatable bonds is 2. The number of piperazine rings is 1. The molecule has 5 nitrogen and oxygen atoms in total. The Hall–Kier alpha value is -2.04. The van der Waals surface area contributed by atoms with Gasteiger partial charge in [-0.3, -0.25) is 9.59 Å². The summed E-state index contributed by atoms with van der Waals surface area (Å²) in [5, 5.41) is 0. The number of hydrogen-bond donors (Lipinski definition) is 0. The molecule has 2 aliphatic heterocycles. The van der Waals surface area contributed by atoms with E-state index in [0.717, 1.165) is 39.0 Å². The van der Waals surface area contributed by atoms with E-state index in [1.165, 1.54) is 16.8 Å². The lowest BCUT2D eigenvalue weighted by Gasteiger charge is -2.39. The zero-order chi connectivity index (χ0) is 18.0. The fourth-order valence-electron chi connectivity index (χ4n) is 5.78. The molecule has 4 fully saturated rings. The van der Waals surface area contributed by atoms with Crippen LogP contribution in [0.3, 0.4) is 0 Å². The fraction of sp³-hybridized carbons (Fsp3) is 0.619. The van der Waals surface area contributed by atoms with E-state index < -0.39 is 0 Å². The lowest BCUT2D eigenvalue weighted by atomic mass is 9.79. The minimum absolute atomic E-state index is 0.0997. The Morgan fingerprint density at radius 2 is 1.88 bits per heavy atom. The van der Waals surface area contributed by atoms with E-state index >= 15 is 0 Å². The minimum atomic E-state index is -0.164. The molecule has 0 aromatic heterocycles. The van der Waals surface area contributed by atoms with Gasteiger partial charge >= 0.3 is 5.97 Å². The molecule has 26 heavy (non-hydrogen) atoms. The molecule has 138 valence electrons. The van der Waals surface area contributed by atoms with Crippen molar-refractivity contribution in [2.24, 2.45) is 23.7 Å². The second-order valence-electron chi connectivity index (χ2n) is 8.52. The maximum absolute atomic E-state index is 13.2.